The molecular formula is C57H35N3O. The normalized spacial score (nSPS) is 11.6. The summed E-state index contributed by atoms with van der Waals surface area (Å²) in [5.74, 6) is 1.86. The van der Waals surface area contributed by atoms with Gasteiger partial charge >= 0.3 is 0 Å². The summed E-state index contributed by atoms with van der Waals surface area (Å²) in [6.45, 7) is 0. The fourth-order valence-corrected chi connectivity index (χ4v) is 9.11. The van der Waals surface area contributed by atoms with Crippen molar-refractivity contribution < 1.29 is 4.42 Å². The van der Waals surface area contributed by atoms with Crippen LogP contribution in [0.2, 0.25) is 0 Å². The van der Waals surface area contributed by atoms with Gasteiger partial charge in [0.25, 0.3) is 0 Å². The van der Waals surface area contributed by atoms with E-state index in [0.717, 1.165) is 82.1 Å². The number of rotatable bonds is 6. The van der Waals surface area contributed by atoms with Crippen LogP contribution >= 0.6 is 0 Å². The first-order chi connectivity index (χ1) is 30.2. The molecule has 0 atom stereocenters. The lowest BCUT2D eigenvalue weighted by Gasteiger charge is -2.15. The van der Waals surface area contributed by atoms with Gasteiger partial charge in [0, 0.05) is 27.5 Å². The molecule has 4 heteroatoms. The molecule has 12 rings (SSSR count). The van der Waals surface area contributed by atoms with Crippen LogP contribution in [0.3, 0.4) is 0 Å². The molecule has 284 valence electrons. The van der Waals surface area contributed by atoms with Gasteiger partial charge in [-0.2, -0.15) is 0 Å². The molecule has 0 aliphatic heterocycles. The second-order valence-corrected chi connectivity index (χ2v) is 15.5. The van der Waals surface area contributed by atoms with Crippen LogP contribution in [0.15, 0.2) is 217 Å². The fourth-order valence-electron chi connectivity index (χ4n) is 9.11. The molecule has 2 heterocycles. The Bertz CT molecular complexity index is 3550. The van der Waals surface area contributed by atoms with Crippen LogP contribution in [-0.2, 0) is 0 Å². The quantitative estimate of drug-likeness (QED) is 0.169. The largest absolute Gasteiger partial charge is 0.456 e. The Morgan fingerprint density at radius 1 is 0.230 bits per heavy atom. The molecule has 4 nitrogen and oxygen atoms in total. The molecular weight excluding hydrogens is 743 g/mol. The molecule has 0 bridgehead atoms. The molecule has 0 N–H and O–H groups in total. The van der Waals surface area contributed by atoms with Crippen LogP contribution in [0.25, 0.3) is 122 Å². The zero-order valence-corrected chi connectivity index (χ0v) is 33.0. The molecule has 12 aromatic rings. The average molecular weight is 778 g/mol. The highest BCUT2D eigenvalue weighted by Gasteiger charge is 2.20. The summed E-state index contributed by atoms with van der Waals surface area (Å²) in [5, 5.41) is 8.84. The van der Waals surface area contributed by atoms with Crippen molar-refractivity contribution in [2.75, 3.05) is 0 Å². The Hall–Kier alpha value is -8.21. The summed E-state index contributed by atoms with van der Waals surface area (Å²) in [6, 6.07) is 74.6. The molecule has 2 aromatic heterocycles. The number of hydrogen-bond acceptors (Lipinski definition) is 4. The first-order valence-electron chi connectivity index (χ1n) is 20.6. The second kappa shape index (κ2) is 14.3. The van der Waals surface area contributed by atoms with Gasteiger partial charge in [-0.1, -0.05) is 182 Å². The maximum Gasteiger partial charge on any atom is 0.164 e. The lowest BCUT2D eigenvalue weighted by Crippen LogP contribution is -2.02. The molecule has 0 radical (unpaired) electrons. The number of nitrogens with zero attached hydrogens (tertiary/aromatic N) is 3. The summed E-state index contributed by atoms with van der Waals surface area (Å²) in [6.07, 6.45) is 0. The maximum absolute atomic E-state index is 6.33. The van der Waals surface area contributed by atoms with Gasteiger partial charge in [-0.25, -0.2) is 15.0 Å². The Morgan fingerprint density at radius 2 is 0.590 bits per heavy atom. The van der Waals surface area contributed by atoms with Crippen molar-refractivity contribution in [3.05, 3.63) is 212 Å². The van der Waals surface area contributed by atoms with Crippen LogP contribution < -0.4 is 0 Å². The van der Waals surface area contributed by atoms with E-state index in [2.05, 4.69) is 200 Å². The molecule has 0 aliphatic rings. The summed E-state index contributed by atoms with van der Waals surface area (Å²) < 4.78 is 6.33. The van der Waals surface area contributed by atoms with Gasteiger partial charge in [0.05, 0.1) is 0 Å². The molecule has 10 aromatic carbocycles. The Kier molecular flexibility index (Phi) is 8.13. The third-order valence-electron chi connectivity index (χ3n) is 12.0. The molecule has 0 saturated heterocycles. The van der Waals surface area contributed by atoms with E-state index in [-0.39, 0.29) is 0 Å². The average Bonchev–Trinajstić information content (AvgIpc) is 3.71. The van der Waals surface area contributed by atoms with Crippen LogP contribution in [0.5, 0.6) is 0 Å². The summed E-state index contributed by atoms with van der Waals surface area (Å²) in [5.41, 5.74) is 11.5. The number of fused-ring (bicyclic) bond motifs is 6. The van der Waals surface area contributed by atoms with E-state index in [1.54, 1.807) is 0 Å². The minimum atomic E-state index is 0.614. The molecule has 0 spiro atoms. The Labute approximate surface area is 352 Å². The van der Waals surface area contributed by atoms with E-state index < -0.39 is 0 Å². The predicted molar refractivity (Wildman–Crippen MR) is 252 cm³/mol. The number of aromatic nitrogens is 3. The topological polar surface area (TPSA) is 51.8 Å². The van der Waals surface area contributed by atoms with Gasteiger partial charge in [-0.15, -0.1) is 0 Å². The molecule has 61 heavy (non-hydrogen) atoms. The van der Waals surface area contributed by atoms with Crippen LogP contribution in [0.4, 0.5) is 0 Å². The van der Waals surface area contributed by atoms with Crippen molar-refractivity contribution in [3.8, 4) is 67.5 Å². The number of hydrogen-bond donors (Lipinski definition) is 0. The first kappa shape index (κ1) is 34.8. The molecule has 0 amide bonds. The predicted octanol–water partition coefficient (Wildman–Crippen LogP) is 15.2. The third-order valence-corrected chi connectivity index (χ3v) is 12.0. The second-order valence-electron chi connectivity index (χ2n) is 15.5. The van der Waals surface area contributed by atoms with E-state index in [0.29, 0.717) is 17.5 Å². The standard InChI is InChI=1S/C57H35N3O/c1-3-15-36(16-4-1)39-24-13-26-47-44(39)25-14-27-50(47)55-58-56(51-33-31-40(37-17-5-2-6-18-37)42-19-7-9-21-45(42)51)60-57(59-55)52-34-32-41(43-20-8-10-22-46(43)52)38-29-30-49-48-23-11-12-28-53(48)61-54(49)35-38/h1-35H. The fraction of sp³-hybridized carbons (Fsp3) is 0. The summed E-state index contributed by atoms with van der Waals surface area (Å²) in [4.78, 5) is 16.1. The van der Waals surface area contributed by atoms with Crippen LogP contribution in [0.1, 0.15) is 0 Å². The van der Waals surface area contributed by atoms with Crippen molar-refractivity contribution in [2.45, 2.75) is 0 Å². The number of furan rings is 1. The Morgan fingerprint density at radius 3 is 1.13 bits per heavy atom. The SMILES string of the molecule is c1ccc(-c2cccc3c(-c4nc(-c5ccc(-c6ccccc6)c6ccccc56)nc(-c5ccc(-c6ccc7c(c6)oc6ccccc67)c6ccccc56)n4)cccc23)cc1. The van der Waals surface area contributed by atoms with E-state index in [4.69, 9.17) is 19.4 Å². The van der Waals surface area contributed by atoms with Crippen LogP contribution in [-0.4, -0.2) is 15.0 Å². The van der Waals surface area contributed by atoms with Crippen molar-refractivity contribution >= 4 is 54.3 Å². The van der Waals surface area contributed by atoms with Crippen molar-refractivity contribution in [1.82, 2.24) is 15.0 Å². The van der Waals surface area contributed by atoms with Gasteiger partial charge < -0.3 is 4.42 Å². The number of benzene rings is 10. The lowest BCUT2D eigenvalue weighted by atomic mass is 9.93. The van der Waals surface area contributed by atoms with Gasteiger partial charge in [0.15, 0.2) is 17.5 Å². The highest BCUT2D eigenvalue weighted by atomic mass is 16.3. The van der Waals surface area contributed by atoms with E-state index in [9.17, 15) is 0 Å². The van der Waals surface area contributed by atoms with Gasteiger partial charge in [-0.3, -0.25) is 0 Å². The van der Waals surface area contributed by atoms with Crippen molar-refractivity contribution in [1.29, 1.82) is 0 Å². The van der Waals surface area contributed by atoms with E-state index in [1.807, 2.05) is 12.1 Å². The first-order valence-corrected chi connectivity index (χ1v) is 20.6. The molecule has 0 fully saturated rings. The summed E-state index contributed by atoms with van der Waals surface area (Å²) >= 11 is 0. The van der Waals surface area contributed by atoms with Crippen LogP contribution in [0, 0.1) is 0 Å². The molecule has 0 aliphatic carbocycles. The minimum absolute atomic E-state index is 0.614. The molecule has 0 unspecified atom stereocenters. The lowest BCUT2D eigenvalue weighted by molar-refractivity contribution is 0.669. The monoisotopic (exact) mass is 777 g/mol. The smallest absolute Gasteiger partial charge is 0.164 e. The highest BCUT2D eigenvalue weighted by Crippen LogP contribution is 2.41. The third kappa shape index (κ3) is 5.88. The minimum Gasteiger partial charge on any atom is -0.456 e. The van der Waals surface area contributed by atoms with Gasteiger partial charge in [-0.05, 0) is 96.0 Å². The zero-order valence-electron chi connectivity index (χ0n) is 33.0. The highest BCUT2D eigenvalue weighted by molar-refractivity contribution is 6.10. The molecule has 0 saturated carbocycles. The maximum atomic E-state index is 6.33. The van der Waals surface area contributed by atoms with Gasteiger partial charge in [0.1, 0.15) is 11.2 Å². The van der Waals surface area contributed by atoms with Crippen molar-refractivity contribution in [3.63, 3.8) is 0 Å². The Balaban J connectivity index is 1.08. The zero-order chi connectivity index (χ0) is 40.3. The summed E-state index contributed by atoms with van der Waals surface area (Å²) in [7, 11) is 0. The van der Waals surface area contributed by atoms with Gasteiger partial charge in [0.2, 0.25) is 0 Å². The van der Waals surface area contributed by atoms with Crippen molar-refractivity contribution in [2.24, 2.45) is 0 Å². The van der Waals surface area contributed by atoms with E-state index >= 15 is 0 Å². The number of para-hydroxylation sites is 1. The van der Waals surface area contributed by atoms with E-state index in [1.165, 1.54) is 22.3 Å².